The van der Waals surface area contributed by atoms with Gasteiger partial charge in [-0.1, -0.05) is 42.5 Å². The summed E-state index contributed by atoms with van der Waals surface area (Å²) in [6.45, 7) is 5.80. The molecule has 0 aliphatic rings. The van der Waals surface area contributed by atoms with E-state index in [4.69, 9.17) is 4.74 Å². The summed E-state index contributed by atoms with van der Waals surface area (Å²) in [5.41, 5.74) is 1.54. The van der Waals surface area contributed by atoms with Crippen LogP contribution in [0.2, 0.25) is 0 Å². The van der Waals surface area contributed by atoms with Gasteiger partial charge in [-0.3, -0.25) is 9.36 Å². The number of nitrogens with zero attached hydrogens (tertiary/aromatic N) is 2. The van der Waals surface area contributed by atoms with Crippen LogP contribution >= 0.6 is 11.3 Å². The van der Waals surface area contributed by atoms with Crippen LogP contribution in [-0.2, 0) is 11.3 Å². The molecule has 0 fully saturated rings. The molecule has 0 aliphatic heterocycles. The van der Waals surface area contributed by atoms with Gasteiger partial charge >= 0.3 is 5.97 Å². The first kappa shape index (κ1) is 18.4. The molecule has 6 heteroatoms. The Morgan fingerprint density at radius 2 is 1.93 bits per heavy atom. The topological polar surface area (TPSA) is 61.2 Å². The Bertz CT molecular complexity index is 1250. The maximum absolute atomic E-state index is 13.1. The molecule has 0 bridgehead atoms. The monoisotopic (exact) mass is 392 g/mol. The number of ether oxygens (including phenoxy) is 1. The fourth-order valence-electron chi connectivity index (χ4n) is 3.35. The van der Waals surface area contributed by atoms with Crippen molar-refractivity contribution in [3.63, 3.8) is 0 Å². The molecule has 0 saturated heterocycles. The second kappa shape index (κ2) is 7.20. The molecule has 2 heterocycles. The lowest BCUT2D eigenvalue weighted by molar-refractivity contribution is 0.0383. The van der Waals surface area contributed by atoms with Crippen LogP contribution in [0.25, 0.3) is 21.0 Å². The summed E-state index contributed by atoms with van der Waals surface area (Å²) >= 11 is 1.21. The van der Waals surface area contributed by atoms with Crippen molar-refractivity contribution in [2.75, 3.05) is 0 Å². The van der Waals surface area contributed by atoms with Crippen LogP contribution in [0.5, 0.6) is 0 Å². The highest BCUT2D eigenvalue weighted by atomic mass is 32.1. The Hall–Kier alpha value is -2.99. The average molecular weight is 392 g/mol. The molecule has 2 aromatic heterocycles. The summed E-state index contributed by atoms with van der Waals surface area (Å²) < 4.78 is 6.89. The van der Waals surface area contributed by atoms with E-state index in [1.165, 1.54) is 11.3 Å². The number of carbonyl (C=O) groups excluding carboxylic acids is 1. The van der Waals surface area contributed by atoms with Gasteiger partial charge in [0.05, 0.1) is 24.4 Å². The van der Waals surface area contributed by atoms with E-state index in [0.29, 0.717) is 27.2 Å². The molecule has 5 nitrogen and oxygen atoms in total. The molecule has 0 radical (unpaired) electrons. The number of aryl methyl sites for hydroxylation is 1. The van der Waals surface area contributed by atoms with Gasteiger partial charge in [0.1, 0.15) is 9.71 Å². The molecule has 0 N–H and O–H groups in total. The highest BCUT2D eigenvalue weighted by molar-refractivity contribution is 7.20. The number of carbonyl (C=O) groups is 1. The lowest BCUT2D eigenvalue weighted by atomic mass is 10.0. The first-order valence-electron chi connectivity index (χ1n) is 9.12. The van der Waals surface area contributed by atoms with Gasteiger partial charge in [-0.15, -0.1) is 11.3 Å². The maximum Gasteiger partial charge on any atom is 0.348 e. The number of thiophene rings is 1. The number of fused-ring (bicyclic) bond motifs is 2. The Labute approximate surface area is 166 Å². The third kappa shape index (κ3) is 3.20. The van der Waals surface area contributed by atoms with Gasteiger partial charge in [-0.2, -0.15) is 0 Å². The second-order valence-corrected chi connectivity index (χ2v) is 8.01. The minimum absolute atomic E-state index is 0.143. The van der Waals surface area contributed by atoms with Crippen molar-refractivity contribution in [2.45, 2.75) is 33.4 Å². The molecule has 2 aromatic carbocycles. The molecule has 142 valence electrons. The maximum atomic E-state index is 13.1. The molecular weight excluding hydrogens is 372 g/mol. The zero-order chi connectivity index (χ0) is 19.8. The van der Waals surface area contributed by atoms with E-state index >= 15 is 0 Å². The fourth-order valence-corrected chi connectivity index (χ4v) is 4.37. The highest BCUT2D eigenvalue weighted by Gasteiger charge is 2.21. The Kier molecular flexibility index (Phi) is 4.73. The van der Waals surface area contributed by atoms with Gasteiger partial charge in [-0.05, 0) is 42.7 Å². The summed E-state index contributed by atoms with van der Waals surface area (Å²) in [6.07, 6.45) is 1.34. The predicted octanol–water partition coefficient (Wildman–Crippen LogP) is 4.53. The molecule has 4 rings (SSSR count). The van der Waals surface area contributed by atoms with Crippen molar-refractivity contribution in [3.05, 3.63) is 75.1 Å². The van der Waals surface area contributed by atoms with Crippen LogP contribution < -0.4 is 5.56 Å². The largest absolute Gasteiger partial charge is 0.459 e. The van der Waals surface area contributed by atoms with Crippen LogP contribution in [0.1, 0.15) is 34.6 Å². The van der Waals surface area contributed by atoms with Crippen molar-refractivity contribution < 1.29 is 9.53 Å². The number of benzene rings is 2. The molecule has 0 unspecified atom stereocenters. The third-order valence-electron chi connectivity index (χ3n) is 4.67. The number of esters is 1. The van der Waals surface area contributed by atoms with Gasteiger partial charge in [0.25, 0.3) is 5.56 Å². The lowest BCUT2D eigenvalue weighted by Gasteiger charge is -2.09. The van der Waals surface area contributed by atoms with Gasteiger partial charge in [0, 0.05) is 0 Å². The van der Waals surface area contributed by atoms with Gasteiger partial charge in [-0.25, -0.2) is 9.78 Å². The van der Waals surface area contributed by atoms with Crippen molar-refractivity contribution in [3.8, 4) is 0 Å². The van der Waals surface area contributed by atoms with Gasteiger partial charge < -0.3 is 4.74 Å². The van der Waals surface area contributed by atoms with E-state index in [2.05, 4.69) is 23.2 Å². The fraction of sp³-hybridized carbons (Fsp3) is 0.227. The summed E-state index contributed by atoms with van der Waals surface area (Å²) in [5, 5.41) is 2.73. The van der Waals surface area contributed by atoms with Gasteiger partial charge in [0.2, 0.25) is 0 Å². The van der Waals surface area contributed by atoms with E-state index in [9.17, 15) is 9.59 Å². The quantitative estimate of drug-likeness (QED) is 0.479. The van der Waals surface area contributed by atoms with E-state index in [1.54, 1.807) is 31.7 Å². The average Bonchev–Trinajstić information content (AvgIpc) is 3.01. The minimum atomic E-state index is -0.407. The van der Waals surface area contributed by atoms with E-state index in [-0.39, 0.29) is 11.7 Å². The Balaban J connectivity index is 1.79. The highest BCUT2D eigenvalue weighted by Crippen LogP contribution is 2.28. The predicted molar refractivity (Wildman–Crippen MR) is 112 cm³/mol. The summed E-state index contributed by atoms with van der Waals surface area (Å²) in [6, 6.07) is 14.2. The zero-order valence-corrected chi connectivity index (χ0v) is 16.7. The molecule has 0 saturated carbocycles. The SMILES string of the molecule is Cc1c(C(=O)OC(C)C)sc2ncn(Cc3cccc4ccccc34)c(=O)c12. The number of hydrogen-bond donors (Lipinski definition) is 0. The molecule has 0 amide bonds. The third-order valence-corrected chi connectivity index (χ3v) is 5.85. The van der Waals surface area contributed by atoms with Crippen LogP contribution in [0.15, 0.2) is 53.6 Å². The molecule has 0 aliphatic carbocycles. The minimum Gasteiger partial charge on any atom is -0.459 e. The normalized spacial score (nSPS) is 11.4. The van der Waals surface area contributed by atoms with Crippen LogP contribution in [0, 0.1) is 6.92 Å². The van der Waals surface area contributed by atoms with Crippen LogP contribution in [0.4, 0.5) is 0 Å². The summed E-state index contributed by atoms with van der Waals surface area (Å²) in [5.74, 6) is -0.407. The van der Waals surface area contributed by atoms with E-state index in [1.807, 2.05) is 24.3 Å². The molecule has 4 aromatic rings. The van der Waals surface area contributed by atoms with Crippen LogP contribution in [-0.4, -0.2) is 21.6 Å². The van der Waals surface area contributed by atoms with Crippen molar-refractivity contribution in [1.82, 2.24) is 9.55 Å². The number of hydrogen-bond acceptors (Lipinski definition) is 5. The molecule has 28 heavy (non-hydrogen) atoms. The van der Waals surface area contributed by atoms with E-state index in [0.717, 1.165) is 16.3 Å². The first-order chi connectivity index (χ1) is 13.5. The van der Waals surface area contributed by atoms with Gasteiger partial charge in [0.15, 0.2) is 0 Å². The number of aromatic nitrogens is 2. The molecular formula is C22H20N2O3S. The Morgan fingerprint density at radius 1 is 1.18 bits per heavy atom. The van der Waals surface area contributed by atoms with Crippen molar-refractivity contribution in [2.24, 2.45) is 0 Å². The first-order valence-corrected chi connectivity index (χ1v) is 9.93. The summed E-state index contributed by atoms with van der Waals surface area (Å²) in [4.78, 5) is 30.9. The summed E-state index contributed by atoms with van der Waals surface area (Å²) in [7, 11) is 0. The van der Waals surface area contributed by atoms with E-state index < -0.39 is 5.97 Å². The van der Waals surface area contributed by atoms with Crippen LogP contribution in [0.3, 0.4) is 0 Å². The van der Waals surface area contributed by atoms with Crippen molar-refractivity contribution >= 4 is 38.3 Å². The zero-order valence-electron chi connectivity index (χ0n) is 15.9. The van der Waals surface area contributed by atoms with Crippen molar-refractivity contribution in [1.29, 1.82) is 0 Å². The molecule has 0 atom stereocenters. The number of rotatable bonds is 4. The Morgan fingerprint density at radius 3 is 2.71 bits per heavy atom. The second-order valence-electron chi connectivity index (χ2n) is 7.01. The standard InChI is InChI=1S/C22H20N2O3S/c1-13(2)27-22(26)19-14(3)18-20(28-19)23-12-24(21(18)25)11-16-9-6-8-15-7-4-5-10-17(15)16/h4-10,12-13H,11H2,1-3H3. The lowest BCUT2D eigenvalue weighted by Crippen LogP contribution is -2.21. The molecule has 0 spiro atoms. The smallest absolute Gasteiger partial charge is 0.348 e.